The predicted octanol–water partition coefficient (Wildman–Crippen LogP) is 4.99. The predicted molar refractivity (Wildman–Crippen MR) is 122 cm³/mol. The van der Waals surface area contributed by atoms with Crippen molar-refractivity contribution in [2.75, 3.05) is 7.05 Å². The van der Waals surface area contributed by atoms with Crippen LogP contribution in [0.2, 0.25) is 5.02 Å². The summed E-state index contributed by atoms with van der Waals surface area (Å²) in [5.74, 6) is -0.124. The average Bonchev–Trinajstić information content (AvgIpc) is 3.33. The Morgan fingerprint density at radius 2 is 1.68 bits per heavy atom. The topological polar surface area (TPSA) is 56.0 Å². The molecule has 0 unspecified atom stereocenters. The fraction of sp³-hybridized carbons (Fsp3) is 0.208. The average molecular weight is 434 g/mol. The highest BCUT2D eigenvalue weighted by Gasteiger charge is 2.26. The van der Waals surface area contributed by atoms with Gasteiger partial charge >= 0.3 is 0 Å². The molecule has 7 heteroatoms. The first-order chi connectivity index (χ1) is 15.0. The Labute approximate surface area is 186 Å². The molecule has 0 aliphatic heterocycles. The van der Waals surface area contributed by atoms with Gasteiger partial charge in [0.05, 0.1) is 28.5 Å². The molecule has 0 bridgehead atoms. The zero-order chi connectivity index (χ0) is 22.0. The Morgan fingerprint density at radius 1 is 1.03 bits per heavy atom. The number of amides is 1. The quantitative estimate of drug-likeness (QED) is 0.430. The van der Waals surface area contributed by atoms with Crippen molar-refractivity contribution in [2.24, 2.45) is 0 Å². The molecule has 0 saturated heterocycles. The van der Waals surface area contributed by atoms with Crippen LogP contribution in [0.5, 0.6) is 0 Å². The van der Waals surface area contributed by atoms with Crippen LogP contribution in [0.15, 0.2) is 66.9 Å². The van der Waals surface area contributed by atoms with Crippen molar-refractivity contribution >= 4 is 17.5 Å². The van der Waals surface area contributed by atoms with E-state index in [1.54, 1.807) is 22.8 Å². The fourth-order valence-corrected chi connectivity index (χ4v) is 3.78. The van der Waals surface area contributed by atoms with Crippen molar-refractivity contribution in [2.45, 2.75) is 26.9 Å². The second-order valence-electron chi connectivity index (χ2n) is 7.36. The molecule has 0 radical (unpaired) electrons. The molecule has 0 aliphatic carbocycles. The van der Waals surface area contributed by atoms with Gasteiger partial charge in [0, 0.05) is 25.4 Å². The zero-order valence-corrected chi connectivity index (χ0v) is 18.5. The van der Waals surface area contributed by atoms with E-state index in [0.29, 0.717) is 28.5 Å². The summed E-state index contributed by atoms with van der Waals surface area (Å²) in [6, 6.07) is 19.6. The third kappa shape index (κ3) is 4.11. The number of carbonyl (C=O) groups is 1. The van der Waals surface area contributed by atoms with Gasteiger partial charge in [-0.3, -0.25) is 9.48 Å². The number of halogens is 1. The maximum absolute atomic E-state index is 13.6. The summed E-state index contributed by atoms with van der Waals surface area (Å²) in [5, 5.41) is 9.85. The van der Waals surface area contributed by atoms with Gasteiger partial charge in [-0.2, -0.15) is 10.2 Å². The van der Waals surface area contributed by atoms with Crippen LogP contribution in [0.1, 0.15) is 28.7 Å². The molecule has 31 heavy (non-hydrogen) atoms. The largest absolute Gasteiger partial charge is 0.336 e. The molecule has 1 amide bonds. The Kier molecular flexibility index (Phi) is 5.91. The number of para-hydroxylation sites is 1. The molecule has 0 saturated carbocycles. The van der Waals surface area contributed by atoms with Crippen LogP contribution in [-0.4, -0.2) is 37.4 Å². The number of hydrogen-bond donors (Lipinski definition) is 0. The number of aromatic nitrogens is 4. The second-order valence-corrected chi connectivity index (χ2v) is 7.77. The SMILES string of the molecule is CCn1cc(Cl)c(CN(C)C(=O)c2c(-c3ccccc3)nn(-c3ccccc3)c2C)n1. The summed E-state index contributed by atoms with van der Waals surface area (Å²) in [7, 11) is 1.76. The van der Waals surface area contributed by atoms with Crippen molar-refractivity contribution in [1.82, 2.24) is 24.5 Å². The van der Waals surface area contributed by atoms with E-state index in [1.165, 1.54) is 0 Å². The van der Waals surface area contributed by atoms with Crippen LogP contribution in [0.4, 0.5) is 0 Å². The Hall–Kier alpha value is -3.38. The molecule has 0 atom stereocenters. The van der Waals surface area contributed by atoms with E-state index in [2.05, 4.69) is 5.10 Å². The first-order valence-corrected chi connectivity index (χ1v) is 10.5. The lowest BCUT2D eigenvalue weighted by Gasteiger charge is -2.17. The van der Waals surface area contributed by atoms with Crippen LogP contribution in [0.25, 0.3) is 16.9 Å². The molecule has 6 nitrogen and oxygen atoms in total. The number of carbonyl (C=O) groups excluding carboxylic acids is 1. The maximum Gasteiger partial charge on any atom is 0.258 e. The summed E-state index contributed by atoms with van der Waals surface area (Å²) in [4.78, 5) is 15.2. The van der Waals surface area contributed by atoms with Gasteiger partial charge < -0.3 is 4.90 Å². The monoisotopic (exact) mass is 433 g/mol. The highest BCUT2D eigenvalue weighted by atomic mass is 35.5. The molecule has 2 heterocycles. The number of nitrogens with zero attached hydrogens (tertiary/aromatic N) is 5. The van der Waals surface area contributed by atoms with Crippen LogP contribution in [0.3, 0.4) is 0 Å². The number of rotatable bonds is 6. The van der Waals surface area contributed by atoms with E-state index < -0.39 is 0 Å². The van der Waals surface area contributed by atoms with Gasteiger partial charge in [-0.1, -0.05) is 60.1 Å². The standard InChI is InChI=1S/C24H24ClN5O/c1-4-29-15-20(25)21(26-29)16-28(3)24(31)22-17(2)30(19-13-9-6-10-14-19)27-23(22)18-11-7-5-8-12-18/h5-15H,4,16H2,1-3H3. The highest BCUT2D eigenvalue weighted by molar-refractivity contribution is 6.31. The molecule has 4 aromatic rings. The lowest BCUT2D eigenvalue weighted by atomic mass is 10.0. The normalized spacial score (nSPS) is 11.0. The van der Waals surface area contributed by atoms with E-state index in [0.717, 1.165) is 23.5 Å². The Balaban J connectivity index is 1.76. The first-order valence-electron chi connectivity index (χ1n) is 10.2. The Morgan fingerprint density at radius 3 is 2.29 bits per heavy atom. The third-order valence-corrected chi connectivity index (χ3v) is 5.54. The van der Waals surface area contributed by atoms with Gasteiger partial charge in [-0.25, -0.2) is 4.68 Å². The van der Waals surface area contributed by atoms with Gasteiger partial charge in [-0.15, -0.1) is 0 Å². The molecular weight excluding hydrogens is 410 g/mol. The van der Waals surface area contributed by atoms with Crippen molar-refractivity contribution in [3.05, 3.63) is 88.8 Å². The van der Waals surface area contributed by atoms with E-state index in [-0.39, 0.29) is 5.91 Å². The summed E-state index contributed by atoms with van der Waals surface area (Å²) in [6.07, 6.45) is 1.78. The molecule has 0 spiro atoms. The van der Waals surface area contributed by atoms with Crippen molar-refractivity contribution < 1.29 is 4.79 Å². The first kappa shape index (κ1) is 20.9. The van der Waals surface area contributed by atoms with Crippen molar-refractivity contribution in [3.8, 4) is 16.9 Å². The third-order valence-electron chi connectivity index (χ3n) is 5.22. The Bertz CT molecular complexity index is 1200. The fourth-order valence-electron chi connectivity index (χ4n) is 3.57. The van der Waals surface area contributed by atoms with Gasteiger partial charge in [-0.05, 0) is 26.0 Å². The van der Waals surface area contributed by atoms with Crippen molar-refractivity contribution in [3.63, 3.8) is 0 Å². The summed E-state index contributed by atoms with van der Waals surface area (Å²) < 4.78 is 3.59. The number of benzene rings is 2. The number of hydrogen-bond acceptors (Lipinski definition) is 3. The number of aryl methyl sites for hydroxylation is 1. The van der Waals surface area contributed by atoms with E-state index in [1.807, 2.05) is 79.2 Å². The van der Waals surface area contributed by atoms with Crippen molar-refractivity contribution in [1.29, 1.82) is 0 Å². The lowest BCUT2D eigenvalue weighted by Crippen LogP contribution is -2.27. The summed E-state index contributed by atoms with van der Waals surface area (Å²) in [6.45, 7) is 4.95. The minimum Gasteiger partial charge on any atom is -0.336 e. The van der Waals surface area contributed by atoms with E-state index in [4.69, 9.17) is 16.7 Å². The molecule has 0 aliphatic rings. The smallest absolute Gasteiger partial charge is 0.258 e. The highest BCUT2D eigenvalue weighted by Crippen LogP contribution is 2.29. The molecule has 158 valence electrons. The van der Waals surface area contributed by atoms with Crippen LogP contribution in [-0.2, 0) is 13.1 Å². The van der Waals surface area contributed by atoms with E-state index >= 15 is 0 Å². The molecule has 2 aromatic heterocycles. The van der Waals surface area contributed by atoms with Gasteiger partial charge in [0.25, 0.3) is 5.91 Å². The lowest BCUT2D eigenvalue weighted by molar-refractivity contribution is 0.0783. The molecular formula is C24H24ClN5O. The summed E-state index contributed by atoms with van der Waals surface area (Å²) in [5.41, 5.74) is 4.49. The minimum atomic E-state index is -0.124. The molecule has 2 aromatic carbocycles. The second kappa shape index (κ2) is 8.78. The zero-order valence-electron chi connectivity index (χ0n) is 17.8. The minimum absolute atomic E-state index is 0.124. The van der Waals surface area contributed by atoms with Gasteiger partial charge in [0.1, 0.15) is 11.4 Å². The summed E-state index contributed by atoms with van der Waals surface area (Å²) >= 11 is 6.32. The van der Waals surface area contributed by atoms with Crippen LogP contribution < -0.4 is 0 Å². The van der Waals surface area contributed by atoms with E-state index in [9.17, 15) is 4.79 Å². The van der Waals surface area contributed by atoms with Gasteiger partial charge in [0.2, 0.25) is 0 Å². The van der Waals surface area contributed by atoms with Gasteiger partial charge in [0.15, 0.2) is 0 Å². The maximum atomic E-state index is 13.6. The molecule has 0 N–H and O–H groups in total. The van der Waals surface area contributed by atoms with Crippen LogP contribution in [0, 0.1) is 6.92 Å². The van der Waals surface area contributed by atoms with Crippen LogP contribution >= 0.6 is 11.6 Å². The molecule has 4 rings (SSSR count). The molecule has 0 fully saturated rings.